The van der Waals surface area contributed by atoms with E-state index < -0.39 is 14.6 Å². The lowest BCUT2D eigenvalue weighted by Gasteiger charge is -2.15. The monoisotopic (exact) mass is 463 g/mol. The third-order valence-corrected chi connectivity index (χ3v) is 8.13. The van der Waals surface area contributed by atoms with Gasteiger partial charge in [0.05, 0.1) is 11.5 Å². The Balaban J connectivity index is 2.34. The number of nitrogens with zero attached hydrogens (tertiary/aromatic N) is 1. The van der Waals surface area contributed by atoms with Gasteiger partial charge in [-0.25, -0.2) is 18.5 Å². The van der Waals surface area contributed by atoms with E-state index >= 15 is 0 Å². The van der Waals surface area contributed by atoms with Crippen LogP contribution in [0, 0.1) is 10.8 Å². The van der Waals surface area contributed by atoms with Gasteiger partial charge in [-0.1, -0.05) is 39.0 Å². The molecule has 0 aliphatic heterocycles. The zero-order valence-corrected chi connectivity index (χ0v) is 19.3. The topological polar surface area (TPSA) is 171 Å². The number of thiazole rings is 1. The highest BCUT2D eigenvalue weighted by Crippen LogP contribution is 2.25. The van der Waals surface area contributed by atoms with E-state index in [4.69, 9.17) is 21.7 Å². The summed E-state index contributed by atoms with van der Waals surface area (Å²) in [4.78, 5) is 4.25. The van der Waals surface area contributed by atoms with E-state index in [2.05, 4.69) is 22.5 Å². The largest absolute Gasteiger partial charge is 0.374 e. The van der Waals surface area contributed by atoms with Gasteiger partial charge in [0.1, 0.15) is 4.58 Å². The highest BCUT2D eigenvalue weighted by Gasteiger charge is 2.22. The van der Waals surface area contributed by atoms with Crippen LogP contribution in [0.15, 0.2) is 5.38 Å². The Hall–Kier alpha value is -1.37. The number of guanidine groups is 1. The van der Waals surface area contributed by atoms with E-state index in [0.29, 0.717) is 41.8 Å². The Labute approximate surface area is 181 Å². The molecule has 1 atom stereocenters. The summed E-state index contributed by atoms with van der Waals surface area (Å²) >= 11 is 2.50. The smallest absolute Gasteiger partial charge is 0.221 e. The van der Waals surface area contributed by atoms with Gasteiger partial charge in [-0.3, -0.25) is 10.8 Å². The molecule has 1 aromatic heterocycles. The summed E-state index contributed by atoms with van der Waals surface area (Å²) in [6.45, 7) is 2.57. The summed E-state index contributed by atoms with van der Waals surface area (Å²) in [5, 5.41) is 28.4. The van der Waals surface area contributed by atoms with Crippen molar-refractivity contribution < 1.29 is 8.42 Å². The minimum atomic E-state index is -3.72. The highest BCUT2D eigenvalue weighted by molar-refractivity contribution is 8.12. The highest BCUT2D eigenvalue weighted by atomic mass is 32.3. The number of anilines is 1. The molecular formula is C17H33N7O2S3. The molecule has 166 valence electrons. The molecule has 0 fully saturated rings. The van der Waals surface area contributed by atoms with Gasteiger partial charge in [0.15, 0.2) is 11.1 Å². The third kappa shape index (κ3) is 12.0. The van der Waals surface area contributed by atoms with E-state index in [1.165, 1.54) is 48.8 Å². The standard InChI is InChI=1S/C17H33N7O2S3/c1-2-3-4-5-6-7-8-14(18)22-10-9-15(29(21,25)26)27-11-13-12-28-17(23-13)24-16(19)20/h12,15H,2-11H2,1H3,(H2,18,22)(H2,21,25,26)(H4,19,20,23,24). The fourth-order valence-electron chi connectivity index (χ4n) is 2.58. The molecule has 0 aliphatic carbocycles. The molecule has 12 heteroatoms. The van der Waals surface area contributed by atoms with Gasteiger partial charge < -0.3 is 16.4 Å². The first-order valence-corrected chi connectivity index (χ1v) is 13.3. The van der Waals surface area contributed by atoms with E-state index in [-0.39, 0.29) is 5.96 Å². The summed E-state index contributed by atoms with van der Waals surface area (Å²) in [7, 11) is -3.72. The van der Waals surface area contributed by atoms with Crippen LogP contribution < -0.4 is 21.5 Å². The van der Waals surface area contributed by atoms with Crippen LogP contribution in [0.25, 0.3) is 0 Å². The second kappa shape index (κ2) is 13.8. The number of primary sulfonamides is 1. The van der Waals surface area contributed by atoms with Crippen LogP contribution in [0.3, 0.4) is 0 Å². The minimum absolute atomic E-state index is 0.199. The normalized spacial score (nSPS) is 12.5. The van der Waals surface area contributed by atoms with E-state index in [9.17, 15) is 8.42 Å². The number of nitrogens with two attached hydrogens (primary N) is 2. The van der Waals surface area contributed by atoms with Crippen molar-refractivity contribution in [3.63, 3.8) is 0 Å². The average molecular weight is 464 g/mol. The lowest BCUT2D eigenvalue weighted by atomic mass is 10.1. The maximum atomic E-state index is 11.9. The SMILES string of the molecule is CCCCCCCCC(=N)NCCC(SCc1csc(NC(=N)N)n1)S(N)(=O)=O. The fourth-order valence-corrected chi connectivity index (χ4v) is 5.60. The van der Waals surface area contributed by atoms with Crippen LogP contribution in [-0.2, 0) is 15.8 Å². The molecule has 0 aliphatic rings. The van der Waals surface area contributed by atoms with Crippen molar-refractivity contribution >= 4 is 50.0 Å². The Morgan fingerprint density at radius 2 is 1.97 bits per heavy atom. The van der Waals surface area contributed by atoms with E-state index in [1.54, 1.807) is 5.38 Å². The Kier molecular flexibility index (Phi) is 12.2. The van der Waals surface area contributed by atoms with Gasteiger partial charge >= 0.3 is 0 Å². The van der Waals surface area contributed by atoms with Gasteiger partial charge in [-0.2, -0.15) is 0 Å². The van der Waals surface area contributed by atoms with Gasteiger partial charge in [-0.15, -0.1) is 23.1 Å². The number of rotatable bonds is 15. The summed E-state index contributed by atoms with van der Waals surface area (Å²) in [5.74, 6) is 0.625. The van der Waals surface area contributed by atoms with Crippen molar-refractivity contribution in [2.24, 2.45) is 10.9 Å². The summed E-state index contributed by atoms with van der Waals surface area (Å²) in [6.07, 6.45) is 8.02. The number of amidine groups is 1. The van der Waals surface area contributed by atoms with E-state index in [0.717, 1.165) is 12.8 Å². The molecule has 0 amide bonds. The Morgan fingerprint density at radius 1 is 1.28 bits per heavy atom. The van der Waals surface area contributed by atoms with Crippen molar-refractivity contribution in [1.29, 1.82) is 10.8 Å². The Morgan fingerprint density at radius 3 is 2.62 bits per heavy atom. The maximum absolute atomic E-state index is 11.9. The molecule has 0 spiro atoms. The number of aromatic nitrogens is 1. The number of thioether (sulfide) groups is 1. The van der Waals surface area contributed by atoms with Crippen LogP contribution in [-0.4, -0.2) is 36.3 Å². The second-order valence-electron chi connectivity index (χ2n) is 6.72. The number of hydrogen-bond donors (Lipinski definition) is 6. The van der Waals surface area contributed by atoms with Crippen LogP contribution in [0.1, 0.15) is 64.0 Å². The number of hydrogen-bond acceptors (Lipinski definition) is 7. The first kappa shape index (κ1) is 25.7. The first-order chi connectivity index (χ1) is 13.7. The molecule has 1 rings (SSSR count). The van der Waals surface area contributed by atoms with Crippen molar-refractivity contribution in [1.82, 2.24) is 10.3 Å². The molecule has 1 heterocycles. The molecule has 1 unspecified atom stereocenters. The van der Waals surface area contributed by atoms with Crippen LogP contribution in [0.2, 0.25) is 0 Å². The molecule has 0 aromatic carbocycles. The predicted octanol–water partition coefficient (Wildman–Crippen LogP) is 3.00. The molecule has 29 heavy (non-hydrogen) atoms. The molecule has 8 N–H and O–H groups in total. The summed E-state index contributed by atoms with van der Waals surface area (Å²) < 4.78 is 23.0. The van der Waals surface area contributed by atoms with Gasteiger partial charge in [0.2, 0.25) is 10.0 Å². The van der Waals surface area contributed by atoms with Crippen LogP contribution >= 0.6 is 23.1 Å². The molecule has 9 nitrogen and oxygen atoms in total. The number of unbranched alkanes of at least 4 members (excludes halogenated alkanes) is 5. The average Bonchev–Trinajstić information content (AvgIpc) is 3.06. The summed E-state index contributed by atoms with van der Waals surface area (Å²) in [5.41, 5.74) is 5.96. The zero-order chi connectivity index (χ0) is 21.7. The van der Waals surface area contributed by atoms with Gasteiger partial charge in [0, 0.05) is 24.1 Å². The van der Waals surface area contributed by atoms with Crippen molar-refractivity contribution in [3.8, 4) is 0 Å². The molecule has 0 saturated carbocycles. The number of nitrogens with one attached hydrogen (secondary N) is 4. The van der Waals surface area contributed by atoms with Crippen LogP contribution in [0.4, 0.5) is 5.13 Å². The Bertz CT molecular complexity index is 737. The van der Waals surface area contributed by atoms with Gasteiger partial charge in [0.25, 0.3) is 0 Å². The molecule has 0 radical (unpaired) electrons. The molecule has 1 aromatic rings. The van der Waals surface area contributed by atoms with Crippen LogP contribution in [0.5, 0.6) is 0 Å². The van der Waals surface area contributed by atoms with Gasteiger partial charge in [-0.05, 0) is 12.8 Å². The van der Waals surface area contributed by atoms with Crippen molar-refractivity contribution in [2.45, 2.75) is 68.6 Å². The first-order valence-electron chi connectivity index (χ1n) is 9.72. The lowest BCUT2D eigenvalue weighted by molar-refractivity contribution is 0.590. The quantitative estimate of drug-likeness (QED) is 0.132. The second-order valence-corrected chi connectivity index (χ2v) is 10.8. The van der Waals surface area contributed by atoms with Crippen molar-refractivity contribution in [3.05, 3.63) is 11.1 Å². The maximum Gasteiger partial charge on any atom is 0.221 e. The molecular weight excluding hydrogens is 430 g/mol. The number of sulfonamides is 1. The molecule has 0 saturated heterocycles. The third-order valence-electron chi connectivity index (χ3n) is 4.08. The summed E-state index contributed by atoms with van der Waals surface area (Å²) in [6, 6.07) is 0. The van der Waals surface area contributed by atoms with Crippen molar-refractivity contribution in [2.75, 3.05) is 11.9 Å². The molecule has 0 bridgehead atoms. The fraction of sp³-hybridized carbons (Fsp3) is 0.706. The minimum Gasteiger partial charge on any atom is -0.374 e. The lowest BCUT2D eigenvalue weighted by Crippen LogP contribution is -2.31. The predicted molar refractivity (Wildman–Crippen MR) is 124 cm³/mol. The zero-order valence-electron chi connectivity index (χ0n) is 16.9. The van der Waals surface area contributed by atoms with E-state index in [1.807, 2.05) is 0 Å².